The van der Waals surface area contributed by atoms with Gasteiger partial charge in [0.05, 0.1) is 15.2 Å². The number of hydrazine groups is 1. The van der Waals surface area contributed by atoms with E-state index in [-0.39, 0.29) is 27.6 Å². The van der Waals surface area contributed by atoms with Gasteiger partial charge in [-0.05, 0) is 24.3 Å². The van der Waals surface area contributed by atoms with Crippen LogP contribution in [-0.2, 0) is 14.9 Å². The molecule has 0 unspecified atom stereocenters. The maximum atomic E-state index is 12.0. The van der Waals surface area contributed by atoms with Gasteiger partial charge < -0.3 is 0 Å². The van der Waals surface area contributed by atoms with Crippen LogP contribution in [0.15, 0.2) is 52.4 Å². The Morgan fingerprint density at radius 3 is 2.52 bits per heavy atom. The summed E-state index contributed by atoms with van der Waals surface area (Å²) in [5.41, 5.74) is 4.85. The molecule has 25 heavy (non-hydrogen) atoms. The number of benzene rings is 2. The Bertz CT molecular complexity index is 1130. The molecule has 1 aliphatic heterocycles. The van der Waals surface area contributed by atoms with Crippen molar-refractivity contribution >= 4 is 33.1 Å². The van der Waals surface area contributed by atoms with Crippen molar-refractivity contribution in [3.05, 3.63) is 63.2 Å². The number of carbonyl (C=O) groups is 1. The summed E-state index contributed by atoms with van der Waals surface area (Å²) >= 11 is 0. The first-order chi connectivity index (χ1) is 11.8. The molecule has 1 aliphatic rings. The molecule has 2 aromatic carbocycles. The molecule has 11 heteroatoms. The molecule has 0 aliphatic carbocycles. The van der Waals surface area contributed by atoms with Gasteiger partial charge in [0.1, 0.15) is 11.4 Å². The Balaban J connectivity index is 2.02. The van der Waals surface area contributed by atoms with Crippen molar-refractivity contribution in [2.45, 2.75) is 4.90 Å². The fourth-order valence-electron chi connectivity index (χ4n) is 2.24. The molecule has 0 spiro atoms. The van der Waals surface area contributed by atoms with Crippen LogP contribution in [0.4, 0.5) is 11.4 Å². The van der Waals surface area contributed by atoms with Crippen molar-refractivity contribution in [2.24, 2.45) is 4.99 Å². The van der Waals surface area contributed by atoms with Gasteiger partial charge in [-0.3, -0.25) is 30.3 Å². The number of carbonyl (C=O) groups excluding carboxylic acids is 1. The molecule has 3 rings (SSSR count). The topological polar surface area (TPSA) is 151 Å². The summed E-state index contributed by atoms with van der Waals surface area (Å²) in [6.07, 6.45) is 0. The van der Waals surface area contributed by atoms with E-state index in [4.69, 9.17) is 4.55 Å². The van der Waals surface area contributed by atoms with Crippen molar-refractivity contribution in [1.29, 1.82) is 0 Å². The Labute approximate surface area is 140 Å². The van der Waals surface area contributed by atoms with Gasteiger partial charge in [-0.2, -0.15) is 8.42 Å². The Kier molecular flexibility index (Phi) is 3.94. The summed E-state index contributed by atoms with van der Waals surface area (Å²) in [4.78, 5) is 25.7. The van der Waals surface area contributed by atoms with Crippen LogP contribution in [0.1, 0.15) is 0 Å². The van der Waals surface area contributed by atoms with Gasteiger partial charge in [0.25, 0.3) is 21.7 Å². The number of nitro benzene ring substituents is 1. The number of fused-ring (bicyclic) bond motifs is 1. The normalized spacial score (nSPS) is 13.2. The van der Waals surface area contributed by atoms with Gasteiger partial charge in [-0.15, -0.1) is 0 Å². The van der Waals surface area contributed by atoms with E-state index >= 15 is 0 Å². The van der Waals surface area contributed by atoms with E-state index in [2.05, 4.69) is 15.8 Å². The lowest BCUT2D eigenvalue weighted by molar-refractivity contribution is -0.384. The van der Waals surface area contributed by atoms with E-state index in [0.717, 1.165) is 12.1 Å². The maximum Gasteiger partial charge on any atom is 0.296 e. The highest BCUT2D eigenvalue weighted by Gasteiger charge is 2.20. The summed E-state index contributed by atoms with van der Waals surface area (Å²) in [6.45, 7) is 0. The standard InChI is InChI=1S/C14H10N4O6S/c19-14-13(17-16-11-3-1-2-4-12(11)18(20)21)9-7-8(25(22,23)24)5-6-10(9)15-14/h1-7,16H,(H,15,17,19)(H,22,23,24). The van der Waals surface area contributed by atoms with Crippen LogP contribution in [0.2, 0.25) is 0 Å². The minimum absolute atomic E-state index is 0.0985. The average molecular weight is 362 g/mol. The van der Waals surface area contributed by atoms with Gasteiger partial charge in [0.15, 0.2) is 0 Å². The van der Waals surface area contributed by atoms with Gasteiger partial charge in [-0.1, -0.05) is 12.1 Å². The van der Waals surface area contributed by atoms with Gasteiger partial charge in [-0.25, -0.2) is 4.99 Å². The summed E-state index contributed by atoms with van der Waals surface area (Å²) in [5, 5.41) is 11.3. The minimum Gasteiger partial charge on any atom is -0.295 e. The van der Waals surface area contributed by atoms with Crippen molar-refractivity contribution < 1.29 is 22.7 Å². The van der Waals surface area contributed by atoms with Crippen LogP contribution >= 0.6 is 0 Å². The fraction of sp³-hybridized carbons (Fsp3) is 0. The molecule has 0 saturated carbocycles. The number of nitrogens with zero attached hydrogens (tertiary/aromatic N) is 2. The van der Waals surface area contributed by atoms with Crippen molar-refractivity contribution in [1.82, 2.24) is 5.43 Å². The number of nitro groups is 1. The molecular weight excluding hydrogens is 352 g/mol. The summed E-state index contributed by atoms with van der Waals surface area (Å²) < 4.78 is 31.6. The first-order valence-corrected chi connectivity index (χ1v) is 8.22. The summed E-state index contributed by atoms with van der Waals surface area (Å²) in [7, 11) is -4.45. The maximum absolute atomic E-state index is 12.0. The van der Waals surface area contributed by atoms with Crippen LogP contribution in [-0.4, -0.2) is 23.8 Å². The number of hydrogen-bond acceptors (Lipinski definition) is 7. The molecule has 1 amide bonds. The molecule has 0 bridgehead atoms. The fourth-order valence-corrected chi connectivity index (χ4v) is 2.75. The highest BCUT2D eigenvalue weighted by Crippen LogP contribution is 2.22. The monoisotopic (exact) mass is 362 g/mol. The van der Waals surface area contributed by atoms with Crippen LogP contribution in [0.5, 0.6) is 0 Å². The van der Waals surface area contributed by atoms with Crippen molar-refractivity contribution in [3.63, 3.8) is 0 Å². The molecule has 0 aromatic heterocycles. The lowest BCUT2D eigenvalue weighted by atomic mass is 10.2. The Hall–Kier alpha value is -3.31. The number of para-hydroxylation sites is 2. The first-order valence-electron chi connectivity index (χ1n) is 6.78. The third-order valence-electron chi connectivity index (χ3n) is 3.39. The molecule has 0 radical (unpaired) electrons. The molecule has 1 heterocycles. The largest absolute Gasteiger partial charge is 0.296 e. The zero-order valence-electron chi connectivity index (χ0n) is 12.3. The van der Waals surface area contributed by atoms with E-state index in [1.807, 2.05) is 0 Å². The molecule has 0 fully saturated rings. The van der Waals surface area contributed by atoms with Crippen LogP contribution in [0.3, 0.4) is 0 Å². The predicted molar refractivity (Wildman–Crippen MR) is 85.3 cm³/mol. The van der Waals surface area contributed by atoms with E-state index in [0.29, 0.717) is 0 Å². The molecule has 0 atom stereocenters. The van der Waals surface area contributed by atoms with Crippen LogP contribution in [0.25, 0.3) is 5.70 Å². The van der Waals surface area contributed by atoms with E-state index in [1.54, 1.807) is 6.07 Å². The highest BCUT2D eigenvalue weighted by molar-refractivity contribution is 7.85. The molecule has 0 saturated heterocycles. The first kappa shape index (κ1) is 16.5. The number of anilines is 1. The molecule has 2 aromatic rings. The third-order valence-corrected chi connectivity index (χ3v) is 4.24. The second-order valence-corrected chi connectivity index (χ2v) is 6.39. The molecule has 10 nitrogen and oxygen atoms in total. The second-order valence-electron chi connectivity index (χ2n) is 4.97. The minimum atomic E-state index is -4.45. The lowest BCUT2D eigenvalue weighted by Gasteiger charge is -2.09. The number of amides is 1. The van der Waals surface area contributed by atoms with Crippen molar-refractivity contribution in [2.75, 3.05) is 5.43 Å². The SMILES string of the molecule is O=C1N=c2ccc(S(=O)(=O)O)cc2=C1NNc1ccccc1[N+](=O)[O-]. The number of hydrogen-bond donors (Lipinski definition) is 3. The quantitative estimate of drug-likeness (QED) is 0.373. The Morgan fingerprint density at radius 2 is 1.84 bits per heavy atom. The Morgan fingerprint density at radius 1 is 1.12 bits per heavy atom. The lowest BCUT2D eigenvalue weighted by Crippen LogP contribution is -2.32. The van der Waals surface area contributed by atoms with E-state index in [1.165, 1.54) is 24.3 Å². The van der Waals surface area contributed by atoms with Crippen LogP contribution < -0.4 is 21.4 Å². The second kappa shape index (κ2) is 5.96. The van der Waals surface area contributed by atoms with Gasteiger partial charge >= 0.3 is 0 Å². The zero-order valence-corrected chi connectivity index (χ0v) is 13.1. The molecular formula is C14H10N4O6S. The van der Waals surface area contributed by atoms with E-state index in [9.17, 15) is 23.3 Å². The third kappa shape index (κ3) is 3.18. The van der Waals surface area contributed by atoms with Crippen molar-refractivity contribution in [3.8, 4) is 0 Å². The van der Waals surface area contributed by atoms with Gasteiger partial charge in [0.2, 0.25) is 0 Å². The van der Waals surface area contributed by atoms with Crippen LogP contribution in [0, 0.1) is 10.1 Å². The predicted octanol–water partition coefficient (Wildman–Crippen LogP) is -0.274. The summed E-state index contributed by atoms with van der Waals surface area (Å²) in [5.74, 6) is -0.687. The number of nitrogens with one attached hydrogen (secondary N) is 2. The smallest absolute Gasteiger partial charge is 0.295 e. The summed E-state index contributed by atoms with van der Waals surface area (Å²) in [6, 6.07) is 9.23. The number of rotatable bonds is 5. The molecule has 3 N–H and O–H groups in total. The van der Waals surface area contributed by atoms with E-state index < -0.39 is 25.8 Å². The molecule has 128 valence electrons. The van der Waals surface area contributed by atoms with Gasteiger partial charge in [0, 0.05) is 11.3 Å². The highest BCUT2D eigenvalue weighted by atomic mass is 32.2. The zero-order chi connectivity index (χ0) is 18.2. The average Bonchev–Trinajstić information content (AvgIpc) is 2.86.